The number of anilines is 1. The summed E-state index contributed by atoms with van der Waals surface area (Å²) in [6, 6.07) is 8.85. The molecular weight excluding hydrogens is 248 g/mol. The molecule has 4 heteroatoms. The fourth-order valence-corrected chi connectivity index (χ4v) is 2.32. The molecule has 0 fully saturated rings. The molecule has 0 amide bonds. The minimum atomic E-state index is 0.503. The van der Waals surface area contributed by atoms with Crippen LogP contribution in [-0.4, -0.2) is 20.8 Å². The molecule has 1 aromatic heterocycles. The fraction of sp³-hybridized carbons (Fsp3) is 0.500. The zero-order valence-electron chi connectivity index (χ0n) is 12.4. The van der Waals surface area contributed by atoms with Crippen LogP contribution in [0.15, 0.2) is 36.9 Å². The minimum Gasteiger partial charge on any atom is -0.383 e. The van der Waals surface area contributed by atoms with Gasteiger partial charge in [0.1, 0.15) is 12.7 Å². The number of benzene rings is 1. The summed E-state index contributed by atoms with van der Waals surface area (Å²) in [4.78, 5) is 0. The van der Waals surface area contributed by atoms with Crippen molar-refractivity contribution in [1.29, 1.82) is 0 Å². The molecule has 0 aliphatic heterocycles. The molecular formula is C16H24N4. The number of nitrogens with zero attached hydrogens (tertiary/aromatic N) is 3. The van der Waals surface area contributed by atoms with Crippen molar-refractivity contribution in [1.82, 2.24) is 14.8 Å². The van der Waals surface area contributed by atoms with Crippen LogP contribution in [0.25, 0.3) is 5.69 Å². The van der Waals surface area contributed by atoms with E-state index in [0.29, 0.717) is 6.04 Å². The van der Waals surface area contributed by atoms with Crippen LogP contribution in [0, 0.1) is 0 Å². The molecule has 0 radical (unpaired) electrons. The van der Waals surface area contributed by atoms with Gasteiger partial charge in [0.15, 0.2) is 0 Å². The van der Waals surface area contributed by atoms with Gasteiger partial charge in [-0.3, -0.25) is 4.57 Å². The molecule has 1 unspecified atom stereocenters. The highest BCUT2D eigenvalue weighted by atomic mass is 15.2. The molecule has 1 N–H and O–H groups in total. The Bertz CT molecular complexity index is 493. The smallest absolute Gasteiger partial charge is 0.123 e. The van der Waals surface area contributed by atoms with Crippen LogP contribution in [-0.2, 0) is 0 Å². The number of hydrogen-bond donors (Lipinski definition) is 1. The lowest BCUT2D eigenvalue weighted by Gasteiger charge is -2.16. The summed E-state index contributed by atoms with van der Waals surface area (Å²) < 4.78 is 1.91. The van der Waals surface area contributed by atoms with E-state index >= 15 is 0 Å². The van der Waals surface area contributed by atoms with E-state index in [-0.39, 0.29) is 0 Å². The maximum absolute atomic E-state index is 3.84. The Kier molecular flexibility index (Phi) is 5.59. The van der Waals surface area contributed by atoms with Crippen LogP contribution in [0.3, 0.4) is 0 Å². The first-order valence-electron chi connectivity index (χ1n) is 7.51. The van der Waals surface area contributed by atoms with Crippen molar-refractivity contribution >= 4 is 5.69 Å². The quantitative estimate of drug-likeness (QED) is 0.737. The van der Waals surface area contributed by atoms with Crippen LogP contribution in [0.2, 0.25) is 0 Å². The zero-order chi connectivity index (χ0) is 14.2. The molecule has 1 aromatic carbocycles. The highest BCUT2D eigenvalue weighted by molar-refractivity contribution is 5.51. The Labute approximate surface area is 121 Å². The van der Waals surface area contributed by atoms with Gasteiger partial charge in [-0.25, -0.2) is 0 Å². The van der Waals surface area contributed by atoms with Crippen molar-refractivity contribution < 1.29 is 0 Å². The average Bonchev–Trinajstić information content (AvgIpc) is 2.98. The molecule has 0 bridgehead atoms. The van der Waals surface area contributed by atoms with Crippen LogP contribution >= 0.6 is 0 Å². The number of hydrogen-bond acceptors (Lipinski definition) is 3. The molecule has 0 saturated carbocycles. The SMILES string of the molecule is CCCCCCC(C)Nc1cccc(-n2cnnc2)c1. The van der Waals surface area contributed by atoms with Gasteiger partial charge in [0, 0.05) is 11.7 Å². The maximum Gasteiger partial charge on any atom is 0.123 e. The summed E-state index contributed by atoms with van der Waals surface area (Å²) in [5, 5.41) is 11.2. The Morgan fingerprint density at radius 1 is 1.15 bits per heavy atom. The normalized spacial score (nSPS) is 12.3. The van der Waals surface area contributed by atoms with E-state index in [4.69, 9.17) is 0 Å². The Balaban J connectivity index is 1.88. The summed E-state index contributed by atoms with van der Waals surface area (Å²) >= 11 is 0. The lowest BCUT2D eigenvalue weighted by Crippen LogP contribution is -2.14. The number of aromatic nitrogens is 3. The van der Waals surface area contributed by atoms with Gasteiger partial charge in [-0.05, 0) is 31.5 Å². The Morgan fingerprint density at radius 3 is 2.70 bits per heavy atom. The number of rotatable bonds is 8. The molecule has 0 aliphatic carbocycles. The van der Waals surface area contributed by atoms with Crippen molar-refractivity contribution in [2.75, 3.05) is 5.32 Å². The number of nitrogens with one attached hydrogen (secondary N) is 1. The molecule has 1 heterocycles. The summed E-state index contributed by atoms with van der Waals surface area (Å²) in [6.07, 6.45) is 9.92. The van der Waals surface area contributed by atoms with Gasteiger partial charge in [0.25, 0.3) is 0 Å². The second-order valence-corrected chi connectivity index (χ2v) is 5.31. The van der Waals surface area contributed by atoms with E-state index in [1.54, 1.807) is 12.7 Å². The molecule has 1 atom stereocenters. The average molecular weight is 272 g/mol. The maximum atomic E-state index is 3.84. The predicted molar refractivity (Wildman–Crippen MR) is 83.2 cm³/mol. The topological polar surface area (TPSA) is 42.7 Å². The zero-order valence-corrected chi connectivity index (χ0v) is 12.4. The molecule has 2 aromatic rings. The molecule has 0 spiro atoms. The van der Waals surface area contributed by atoms with Crippen molar-refractivity contribution in [2.24, 2.45) is 0 Å². The van der Waals surface area contributed by atoms with Gasteiger partial charge in [0.2, 0.25) is 0 Å². The van der Waals surface area contributed by atoms with Gasteiger partial charge in [0.05, 0.1) is 5.69 Å². The molecule has 4 nitrogen and oxygen atoms in total. The lowest BCUT2D eigenvalue weighted by molar-refractivity contribution is 0.594. The first kappa shape index (κ1) is 14.6. The summed E-state index contributed by atoms with van der Waals surface area (Å²) in [5.41, 5.74) is 2.23. The van der Waals surface area contributed by atoms with Crippen LogP contribution in [0.5, 0.6) is 0 Å². The van der Waals surface area contributed by atoms with Crippen molar-refractivity contribution in [3.8, 4) is 5.69 Å². The molecule has 108 valence electrons. The minimum absolute atomic E-state index is 0.503. The highest BCUT2D eigenvalue weighted by Gasteiger charge is 2.03. The standard InChI is InChI=1S/C16H24N4/c1-3-4-5-6-8-14(2)19-15-9-7-10-16(11-15)20-12-17-18-13-20/h7,9-14,19H,3-6,8H2,1-2H3. The summed E-state index contributed by atoms with van der Waals surface area (Å²) in [7, 11) is 0. The van der Waals surface area contributed by atoms with Crippen molar-refractivity contribution in [3.05, 3.63) is 36.9 Å². The second kappa shape index (κ2) is 7.68. The van der Waals surface area contributed by atoms with Gasteiger partial charge in [-0.1, -0.05) is 38.7 Å². The molecule has 0 aliphatic rings. The fourth-order valence-electron chi connectivity index (χ4n) is 2.32. The Hall–Kier alpha value is -1.84. The van der Waals surface area contributed by atoms with Crippen LogP contribution < -0.4 is 5.32 Å². The third kappa shape index (κ3) is 4.37. The summed E-state index contributed by atoms with van der Waals surface area (Å²) in [6.45, 7) is 4.50. The second-order valence-electron chi connectivity index (χ2n) is 5.31. The molecule has 2 rings (SSSR count). The van der Waals surface area contributed by atoms with Gasteiger partial charge < -0.3 is 5.32 Å². The highest BCUT2D eigenvalue weighted by Crippen LogP contribution is 2.16. The first-order chi connectivity index (χ1) is 9.79. The van der Waals surface area contributed by atoms with E-state index < -0.39 is 0 Å². The van der Waals surface area contributed by atoms with Crippen LogP contribution in [0.4, 0.5) is 5.69 Å². The number of unbranched alkanes of at least 4 members (excludes halogenated alkanes) is 3. The van der Waals surface area contributed by atoms with E-state index in [0.717, 1.165) is 11.4 Å². The lowest BCUT2D eigenvalue weighted by atomic mass is 10.1. The molecule has 0 saturated heterocycles. The predicted octanol–water partition coefficient (Wildman–Crippen LogP) is 4.04. The molecule has 20 heavy (non-hydrogen) atoms. The van der Waals surface area contributed by atoms with Gasteiger partial charge in [-0.15, -0.1) is 10.2 Å². The largest absolute Gasteiger partial charge is 0.383 e. The third-order valence-corrected chi connectivity index (χ3v) is 3.47. The van der Waals surface area contributed by atoms with E-state index in [1.807, 2.05) is 4.57 Å². The van der Waals surface area contributed by atoms with E-state index in [1.165, 1.54) is 32.1 Å². The monoisotopic (exact) mass is 272 g/mol. The van der Waals surface area contributed by atoms with Crippen molar-refractivity contribution in [2.45, 2.75) is 52.0 Å². The third-order valence-electron chi connectivity index (χ3n) is 3.47. The summed E-state index contributed by atoms with van der Waals surface area (Å²) in [5.74, 6) is 0. The Morgan fingerprint density at radius 2 is 1.95 bits per heavy atom. The van der Waals surface area contributed by atoms with E-state index in [9.17, 15) is 0 Å². The van der Waals surface area contributed by atoms with Gasteiger partial charge in [-0.2, -0.15) is 0 Å². The van der Waals surface area contributed by atoms with Crippen LogP contribution in [0.1, 0.15) is 46.0 Å². The van der Waals surface area contributed by atoms with Gasteiger partial charge >= 0.3 is 0 Å². The first-order valence-corrected chi connectivity index (χ1v) is 7.51. The van der Waals surface area contributed by atoms with E-state index in [2.05, 4.69) is 53.6 Å². The van der Waals surface area contributed by atoms with Crippen molar-refractivity contribution in [3.63, 3.8) is 0 Å².